The zero-order chi connectivity index (χ0) is 19.8. The fourth-order valence-corrected chi connectivity index (χ4v) is 4.59. The SMILES string of the molecule is Cc1nc(-c2ccccc2)sc1NC(=O)N1CCc2c(nc(C(C)C)n2C)C1. The maximum atomic E-state index is 12.9. The van der Waals surface area contributed by atoms with Crippen LogP contribution in [0.25, 0.3) is 10.6 Å². The molecular weight excluding hydrogens is 370 g/mol. The van der Waals surface area contributed by atoms with Crippen molar-refractivity contribution in [2.45, 2.75) is 39.7 Å². The predicted octanol–water partition coefficient (Wildman–Crippen LogP) is 4.57. The van der Waals surface area contributed by atoms with E-state index in [1.807, 2.05) is 42.2 Å². The van der Waals surface area contributed by atoms with Crippen molar-refractivity contribution >= 4 is 22.4 Å². The number of carbonyl (C=O) groups excluding carboxylic acids is 1. The maximum Gasteiger partial charge on any atom is 0.322 e. The summed E-state index contributed by atoms with van der Waals surface area (Å²) in [5.74, 6) is 1.45. The van der Waals surface area contributed by atoms with Crippen molar-refractivity contribution in [3.05, 3.63) is 53.2 Å². The van der Waals surface area contributed by atoms with Gasteiger partial charge in [0.2, 0.25) is 0 Å². The Hall–Kier alpha value is -2.67. The molecule has 7 heteroatoms. The molecular formula is C21H25N5OS. The molecule has 0 atom stereocenters. The third-order valence-electron chi connectivity index (χ3n) is 5.13. The first-order chi connectivity index (χ1) is 13.4. The number of nitrogens with one attached hydrogen (secondary N) is 1. The van der Waals surface area contributed by atoms with Crippen molar-refractivity contribution in [1.82, 2.24) is 19.4 Å². The summed E-state index contributed by atoms with van der Waals surface area (Å²) < 4.78 is 2.19. The van der Waals surface area contributed by atoms with Gasteiger partial charge >= 0.3 is 6.03 Å². The zero-order valence-corrected chi connectivity index (χ0v) is 17.5. The van der Waals surface area contributed by atoms with Crippen LogP contribution < -0.4 is 5.32 Å². The summed E-state index contributed by atoms with van der Waals surface area (Å²) in [6, 6.07) is 9.95. The van der Waals surface area contributed by atoms with E-state index in [1.165, 1.54) is 17.0 Å². The van der Waals surface area contributed by atoms with Crippen LogP contribution in [0.5, 0.6) is 0 Å². The van der Waals surface area contributed by atoms with E-state index < -0.39 is 0 Å². The summed E-state index contributed by atoms with van der Waals surface area (Å²) in [5.41, 5.74) is 4.16. The number of aromatic nitrogens is 3. The monoisotopic (exact) mass is 395 g/mol. The van der Waals surface area contributed by atoms with Crippen LogP contribution in [-0.2, 0) is 20.0 Å². The van der Waals surface area contributed by atoms with Crippen molar-refractivity contribution < 1.29 is 4.79 Å². The molecule has 1 aliphatic rings. The van der Waals surface area contributed by atoms with Gasteiger partial charge in [-0.3, -0.25) is 5.32 Å². The predicted molar refractivity (Wildman–Crippen MR) is 113 cm³/mol. The second-order valence-electron chi connectivity index (χ2n) is 7.48. The molecule has 3 aromatic rings. The van der Waals surface area contributed by atoms with Gasteiger partial charge in [-0.25, -0.2) is 14.8 Å². The normalized spacial score (nSPS) is 13.7. The molecule has 146 valence electrons. The molecule has 0 aliphatic carbocycles. The largest absolute Gasteiger partial charge is 0.334 e. The number of aryl methyl sites for hydroxylation is 1. The number of hydrogen-bond donors (Lipinski definition) is 1. The number of imidazole rings is 1. The van der Waals surface area contributed by atoms with Gasteiger partial charge in [-0.05, 0) is 6.92 Å². The average molecular weight is 396 g/mol. The lowest BCUT2D eigenvalue weighted by Crippen LogP contribution is -2.39. The standard InChI is InChI=1S/C21H25N5OS/c1-13(2)18-23-16-12-26(11-10-17(16)25(18)4)21(27)24-19-14(3)22-20(28-19)15-8-6-5-7-9-15/h5-9,13H,10-12H2,1-4H3,(H,24,27). The molecule has 0 radical (unpaired) electrons. The molecule has 1 aliphatic heterocycles. The number of hydrogen-bond acceptors (Lipinski definition) is 4. The molecule has 1 N–H and O–H groups in total. The van der Waals surface area contributed by atoms with Crippen molar-refractivity contribution in [3.8, 4) is 10.6 Å². The van der Waals surface area contributed by atoms with Crippen LogP contribution >= 0.6 is 11.3 Å². The first-order valence-corrected chi connectivity index (χ1v) is 10.4. The molecule has 2 amide bonds. The summed E-state index contributed by atoms with van der Waals surface area (Å²) >= 11 is 1.51. The quantitative estimate of drug-likeness (QED) is 0.707. The minimum Gasteiger partial charge on any atom is -0.334 e. The van der Waals surface area contributed by atoms with Gasteiger partial charge in [0.1, 0.15) is 15.8 Å². The van der Waals surface area contributed by atoms with Gasteiger partial charge in [0.15, 0.2) is 0 Å². The third-order valence-corrected chi connectivity index (χ3v) is 6.25. The number of benzene rings is 1. The number of fused-ring (bicyclic) bond motifs is 1. The molecule has 0 saturated heterocycles. The Morgan fingerprint density at radius 3 is 2.68 bits per heavy atom. The van der Waals surface area contributed by atoms with Crippen LogP contribution in [0.3, 0.4) is 0 Å². The molecule has 1 aromatic carbocycles. The second kappa shape index (κ2) is 7.39. The number of rotatable bonds is 3. The lowest BCUT2D eigenvalue weighted by atomic mass is 10.1. The number of amides is 2. The molecule has 0 spiro atoms. The highest BCUT2D eigenvalue weighted by molar-refractivity contribution is 7.19. The smallest absolute Gasteiger partial charge is 0.322 e. The van der Waals surface area contributed by atoms with Crippen LogP contribution in [0.4, 0.5) is 9.80 Å². The van der Waals surface area contributed by atoms with E-state index in [2.05, 4.69) is 35.8 Å². The number of anilines is 1. The van der Waals surface area contributed by atoms with Crippen LogP contribution in [0.15, 0.2) is 30.3 Å². The Labute approximate surface area is 169 Å². The van der Waals surface area contributed by atoms with Gasteiger partial charge < -0.3 is 9.47 Å². The topological polar surface area (TPSA) is 63.1 Å². The van der Waals surface area contributed by atoms with E-state index >= 15 is 0 Å². The van der Waals surface area contributed by atoms with Gasteiger partial charge in [0.25, 0.3) is 0 Å². The fraction of sp³-hybridized carbons (Fsp3) is 0.381. The Morgan fingerprint density at radius 2 is 1.96 bits per heavy atom. The van der Waals surface area contributed by atoms with E-state index in [0.29, 0.717) is 19.0 Å². The molecule has 0 fully saturated rings. The molecule has 0 unspecified atom stereocenters. The fourth-order valence-electron chi connectivity index (χ4n) is 3.63. The van der Waals surface area contributed by atoms with Crippen LogP contribution in [-0.4, -0.2) is 32.0 Å². The van der Waals surface area contributed by atoms with E-state index in [1.54, 1.807) is 0 Å². The molecule has 2 aromatic heterocycles. The summed E-state index contributed by atoms with van der Waals surface area (Å²) in [6.07, 6.45) is 0.829. The highest BCUT2D eigenvalue weighted by Crippen LogP contribution is 2.32. The Kier molecular flexibility index (Phi) is 4.93. The molecule has 28 heavy (non-hydrogen) atoms. The van der Waals surface area contributed by atoms with Crippen molar-refractivity contribution in [2.24, 2.45) is 7.05 Å². The number of carbonyl (C=O) groups is 1. The van der Waals surface area contributed by atoms with Crippen molar-refractivity contribution in [1.29, 1.82) is 0 Å². The van der Waals surface area contributed by atoms with E-state index in [4.69, 9.17) is 4.98 Å². The van der Waals surface area contributed by atoms with Gasteiger partial charge in [-0.2, -0.15) is 0 Å². The lowest BCUT2D eigenvalue weighted by molar-refractivity contribution is 0.205. The highest BCUT2D eigenvalue weighted by Gasteiger charge is 2.27. The number of nitrogens with zero attached hydrogens (tertiary/aromatic N) is 4. The minimum atomic E-state index is -0.0891. The molecule has 3 heterocycles. The number of urea groups is 1. The first kappa shape index (κ1) is 18.7. The van der Waals surface area contributed by atoms with Gasteiger partial charge in [0.05, 0.1) is 17.9 Å². The van der Waals surface area contributed by atoms with Gasteiger partial charge in [0, 0.05) is 37.2 Å². The molecule has 0 saturated carbocycles. The van der Waals surface area contributed by atoms with Crippen LogP contribution in [0.2, 0.25) is 0 Å². The molecule has 0 bridgehead atoms. The zero-order valence-electron chi connectivity index (χ0n) is 16.7. The summed E-state index contributed by atoms with van der Waals surface area (Å²) in [6.45, 7) is 7.47. The van der Waals surface area contributed by atoms with Gasteiger partial charge in [-0.15, -0.1) is 0 Å². The summed E-state index contributed by atoms with van der Waals surface area (Å²) in [4.78, 5) is 24.1. The Bertz CT molecular complexity index is 1010. The van der Waals surface area contributed by atoms with E-state index in [0.717, 1.165) is 39.2 Å². The Morgan fingerprint density at radius 1 is 1.21 bits per heavy atom. The van der Waals surface area contributed by atoms with Crippen molar-refractivity contribution in [3.63, 3.8) is 0 Å². The molecule has 6 nitrogen and oxygen atoms in total. The van der Waals surface area contributed by atoms with E-state index in [-0.39, 0.29) is 6.03 Å². The third kappa shape index (κ3) is 3.42. The van der Waals surface area contributed by atoms with E-state index in [9.17, 15) is 4.79 Å². The highest BCUT2D eigenvalue weighted by atomic mass is 32.1. The van der Waals surface area contributed by atoms with Crippen LogP contribution in [0, 0.1) is 6.92 Å². The first-order valence-electron chi connectivity index (χ1n) is 9.57. The number of thiazole rings is 1. The average Bonchev–Trinajstić information content (AvgIpc) is 3.22. The van der Waals surface area contributed by atoms with Gasteiger partial charge in [-0.1, -0.05) is 55.5 Å². The Balaban J connectivity index is 1.49. The second-order valence-corrected chi connectivity index (χ2v) is 8.48. The summed E-state index contributed by atoms with van der Waals surface area (Å²) in [7, 11) is 2.07. The molecule has 4 rings (SSSR count). The van der Waals surface area contributed by atoms with Crippen molar-refractivity contribution in [2.75, 3.05) is 11.9 Å². The lowest BCUT2D eigenvalue weighted by Gasteiger charge is -2.26. The minimum absolute atomic E-state index is 0.0891. The maximum absolute atomic E-state index is 12.9. The summed E-state index contributed by atoms with van der Waals surface area (Å²) in [5, 5.41) is 4.77. The van der Waals surface area contributed by atoms with Crippen LogP contribution in [0.1, 0.15) is 42.7 Å².